The Morgan fingerprint density at radius 1 is 1.11 bits per heavy atom. The van der Waals surface area contributed by atoms with E-state index in [-0.39, 0.29) is 17.9 Å². The molecule has 1 aromatic heterocycles. The predicted octanol–water partition coefficient (Wildman–Crippen LogP) is 5.11. The van der Waals surface area contributed by atoms with Crippen molar-refractivity contribution in [1.82, 2.24) is 14.8 Å². The van der Waals surface area contributed by atoms with Crippen LogP contribution in [0.4, 0.5) is 0 Å². The van der Waals surface area contributed by atoms with Crippen LogP contribution in [-0.2, 0) is 18.3 Å². The molecule has 0 bridgehead atoms. The van der Waals surface area contributed by atoms with Crippen LogP contribution in [0.2, 0.25) is 0 Å². The molecule has 0 saturated carbocycles. The first-order valence-corrected chi connectivity index (χ1v) is 13.9. The standard InChI is InChI=1S/C31H39N3O4/c1-4-37-25-12-13-26-24(19-25)20-27(33(26)3)29(35)34-17-15-31(16-18-34)14-8-7-10-23-9-5-6-11-28(23)38-21-22(2)32-30(31)36/h5-6,9,11-13,19-20,22H,4,7-8,10,14-18,21H2,1-3H3,(H,32,36)/t22-/m1/s1. The summed E-state index contributed by atoms with van der Waals surface area (Å²) in [4.78, 5) is 29.1. The number of aromatic nitrogens is 1. The number of carbonyl (C=O) groups excluding carboxylic acids is 2. The number of nitrogens with one attached hydrogen (secondary N) is 1. The molecule has 1 N–H and O–H groups in total. The van der Waals surface area contributed by atoms with Crippen molar-refractivity contribution < 1.29 is 19.1 Å². The van der Waals surface area contributed by atoms with Gasteiger partial charge in [0.25, 0.3) is 5.91 Å². The SMILES string of the molecule is CCOc1ccc2c(c1)cc(C(=O)N1CCC3(CCCCc4ccccc4OC[C@@H](C)NC3=O)CC1)n2C. The second kappa shape index (κ2) is 11.1. The summed E-state index contributed by atoms with van der Waals surface area (Å²) < 4.78 is 13.7. The number of para-hydroxylation sites is 1. The van der Waals surface area contributed by atoms with Gasteiger partial charge in [0.2, 0.25) is 5.91 Å². The van der Waals surface area contributed by atoms with Gasteiger partial charge in [-0.2, -0.15) is 0 Å². The summed E-state index contributed by atoms with van der Waals surface area (Å²) >= 11 is 0. The van der Waals surface area contributed by atoms with Gasteiger partial charge in [0, 0.05) is 31.0 Å². The minimum Gasteiger partial charge on any atom is -0.494 e. The lowest BCUT2D eigenvalue weighted by molar-refractivity contribution is -0.135. The fourth-order valence-electron chi connectivity index (χ4n) is 5.94. The van der Waals surface area contributed by atoms with E-state index in [1.54, 1.807) is 0 Å². The minimum absolute atomic E-state index is 0.0171. The molecule has 1 fully saturated rings. The maximum Gasteiger partial charge on any atom is 0.270 e. The Kier molecular flexibility index (Phi) is 7.63. The average molecular weight is 518 g/mol. The van der Waals surface area contributed by atoms with Crippen LogP contribution in [0, 0.1) is 5.41 Å². The molecule has 0 aliphatic carbocycles. The van der Waals surface area contributed by atoms with Crippen molar-refractivity contribution in [3.8, 4) is 11.5 Å². The van der Waals surface area contributed by atoms with Crippen LogP contribution in [0.5, 0.6) is 11.5 Å². The molecule has 2 aromatic carbocycles. The van der Waals surface area contributed by atoms with Crippen LogP contribution in [0.1, 0.15) is 62.0 Å². The number of rotatable bonds is 3. The third kappa shape index (κ3) is 5.24. The lowest BCUT2D eigenvalue weighted by Crippen LogP contribution is -2.52. The third-order valence-electron chi connectivity index (χ3n) is 8.22. The number of likely N-dealkylation sites (tertiary alicyclic amines) is 1. The quantitative estimate of drug-likeness (QED) is 0.524. The average Bonchev–Trinajstić information content (AvgIpc) is 3.25. The molecule has 7 nitrogen and oxygen atoms in total. The lowest BCUT2D eigenvalue weighted by Gasteiger charge is -2.41. The zero-order valence-electron chi connectivity index (χ0n) is 22.8. The van der Waals surface area contributed by atoms with E-state index in [0.717, 1.165) is 48.1 Å². The first-order valence-electron chi connectivity index (χ1n) is 13.9. The number of piperidine rings is 1. The molecule has 202 valence electrons. The van der Waals surface area contributed by atoms with Crippen LogP contribution in [0.15, 0.2) is 48.5 Å². The van der Waals surface area contributed by atoms with Gasteiger partial charge in [-0.1, -0.05) is 24.6 Å². The summed E-state index contributed by atoms with van der Waals surface area (Å²) in [6.45, 7) is 6.15. The molecule has 3 heterocycles. The normalized spacial score (nSPS) is 20.1. The second-order valence-electron chi connectivity index (χ2n) is 10.8. The number of nitrogens with zero attached hydrogens (tertiary/aromatic N) is 2. The summed E-state index contributed by atoms with van der Waals surface area (Å²) in [5.74, 6) is 1.84. The van der Waals surface area contributed by atoms with Crippen molar-refractivity contribution >= 4 is 22.7 Å². The van der Waals surface area contributed by atoms with Gasteiger partial charge in [0.05, 0.1) is 18.1 Å². The summed E-state index contributed by atoms with van der Waals surface area (Å²) in [7, 11) is 1.93. The van der Waals surface area contributed by atoms with Crippen molar-refractivity contribution in [2.45, 2.75) is 58.4 Å². The van der Waals surface area contributed by atoms with Crippen LogP contribution in [-0.4, -0.2) is 53.6 Å². The molecule has 2 amide bonds. The maximum absolute atomic E-state index is 13.6. The van der Waals surface area contributed by atoms with Crippen molar-refractivity contribution in [2.24, 2.45) is 12.5 Å². The highest BCUT2D eigenvalue weighted by atomic mass is 16.5. The van der Waals surface area contributed by atoms with E-state index in [9.17, 15) is 9.59 Å². The Labute approximate surface area is 225 Å². The Balaban J connectivity index is 1.29. The topological polar surface area (TPSA) is 72.8 Å². The van der Waals surface area contributed by atoms with Crippen LogP contribution >= 0.6 is 0 Å². The van der Waals surface area contributed by atoms with E-state index in [0.29, 0.717) is 44.8 Å². The van der Waals surface area contributed by atoms with Crippen molar-refractivity contribution in [1.29, 1.82) is 0 Å². The molecule has 1 atom stereocenters. The monoisotopic (exact) mass is 517 g/mol. The second-order valence-corrected chi connectivity index (χ2v) is 10.8. The van der Waals surface area contributed by atoms with Gasteiger partial charge >= 0.3 is 0 Å². The Morgan fingerprint density at radius 2 is 1.89 bits per heavy atom. The molecule has 38 heavy (non-hydrogen) atoms. The zero-order chi connectivity index (χ0) is 26.7. The van der Waals surface area contributed by atoms with E-state index in [1.165, 1.54) is 5.56 Å². The van der Waals surface area contributed by atoms with Gasteiger partial charge in [-0.05, 0) is 81.8 Å². The molecule has 0 radical (unpaired) electrons. The largest absolute Gasteiger partial charge is 0.494 e. The Morgan fingerprint density at radius 3 is 2.68 bits per heavy atom. The molecule has 0 unspecified atom stereocenters. The fraction of sp³-hybridized carbons (Fsp3) is 0.484. The van der Waals surface area contributed by atoms with Gasteiger partial charge in [-0.15, -0.1) is 0 Å². The minimum atomic E-state index is -0.449. The lowest BCUT2D eigenvalue weighted by atomic mass is 9.73. The highest BCUT2D eigenvalue weighted by molar-refractivity contribution is 5.99. The highest BCUT2D eigenvalue weighted by Crippen LogP contribution is 2.38. The molecule has 1 saturated heterocycles. The number of benzene rings is 2. The summed E-state index contributed by atoms with van der Waals surface area (Å²) in [6.07, 6.45) is 5.10. The smallest absolute Gasteiger partial charge is 0.270 e. The summed E-state index contributed by atoms with van der Waals surface area (Å²) in [5, 5.41) is 4.22. The molecule has 7 heteroatoms. The first kappa shape index (κ1) is 26.1. The van der Waals surface area contributed by atoms with E-state index in [1.807, 2.05) is 66.8 Å². The number of ether oxygens (including phenoxy) is 2. The van der Waals surface area contributed by atoms with Gasteiger partial charge in [-0.25, -0.2) is 0 Å². The number of carbonyl (C=O) groups is 2. The van der Waals surface area contributed by atoms with E-state index in [4.69, 9.17) is 9.47 Å². The third-order valence-corrected chi connectivity index (χ3v) is 8.22. The number of aryl methyl sites for hydroxylation is 2. The first-order chi connectivity index (χ1) is 18.4. The van der Waals surface area contributed by atoms with Crippen LogP contribution < -0.4 is 14.8 Å². The number of hydrogen-bond acceptors (Lipinski definition) is 4. The zero-order valence-corrected chi connectivity index (χ0v) is 22.8. The van der Waals surface area contributed by atoms with E-state index >= 15 is 0 Å². The number of hydrogen-bond donors (Lipinski definition) is 1. The molecule has 1 spiro atoms. The van der Waals surface area contributed by atoms with Gasteiger partial charge in [-0.3, -0.25) is 9.59 Å². The number of fused-ring (bicyclic) bond motifs is 2. The van der Waals surface area contributed by atoms with Gasteiger partial charge in [0.1, 0.15) is 23.8 Å². The molecule has 5 rings (SSSR count). The summed E-state index contributed by atoms with van der Waals surface area (Å²) in [6, 6.07) is 16.0. The summed E-state index contributed by atoms with van der Waals surface area (Å²) in [5.41, 5.74) is 2.44. The van der Waals surface area contributed by atoms with E-state index < -0.39 is 5.41 Å². The van der Waals surface area contributed by atoms with Gasteiger partial charge in [0.15, 0.2) is 0 Å². The molecular formula is C31H39N3O4. The van der Waals surface area contributed by atoms with Gasteiger partial charge < -0.3 is 24.3 Å². The van der Waals surface area contributed by atoms with E-state index in [2.05, 4.69) is 17.4 Å². The maximum atomic E-state index is 13.6. The molecule has 2 aliphatic rings. The fourth-order valence-corrected chi connectivity index (χ4v) is 5.94. The predicted molar refractivity (Wildman–Crippen MR) is 149 cm³/mol. The number of amides is 2. The highest BCUT2D eigenvalue weighted by Gasteiger charge is 2.42. The van der Waals surface area contributed by atoms with Crippen molar-refractivity contribution in [3.63, 3.8) is 0 Å². The molecule has 2 aliphatic heterocycles. The van der Waals surface area contributed by atoms with Crippen LogP contribution in [0.25, 0.3) is 10.9 Å². The Bertz CT molecular complexity index is 1310. The Hall–Kier alpha value is -3.48. The van der Waals surface area contributed by atoms with Crippen LogP contribution in [0.3, 0.4) is 0 Å². The van der Waals surface area contributed by atoms with Crippen molar-refractivity contribution in [2.75, 3.05) is 26.3 Å². The van der Waals surface area contributed by atoms with Crippen molar-refractivity contribution in [3.05, 3.63) is 59.8 Å². The molecule has 3 aromatic rings. The molecular weight excluding hydrogens is 478 g/mol.